The minimum absolute atomic E-state index is 0.188. The third-order valence-corrected chi connectivity index (χ3v) is 4.60. The van der Waals surface area contributed by atoms with Crippen LogP contribution in [0.2, 0.25) is 0 Å². The van der Waals surface area contributed by atoms with Crippen molar-refractivity contribution in [2.75, 3.05) is 33.2 Å². The first kappa shape index (κ1) is 16.3. The number of nitriles is 1. The summed E-state index contributed by atoms with van der Waals surface area (Å²) in [6.45, 7) is 2.57. The molecule has 0 radical (unpaired) electrons. The van der Waals surface area contributed by atoms with Crippen molar-refractivity contribution < 1.29 is 9.59 Å². The van der Waals surface area contributed by atoms with Gasteiger partial charge in [0.1, 0.15) is 11.6 Å². The van der Waals surface area contributed by atoms with E-state index in [0.29, 0.717) is 26.2 Å². The van der Waals surface area contributed by atoms with Crippen LogP contribution in [0, 0.1) is 11.3 Å². The van der Waals surface area contributed by atoms with Crippen LogP contribution in [0.25, 0.3) is 0 Å². The number of hydrogen-bond donors (Lipinski definition) is 0. The molecule has 1 saturated carbocycles. The maximum atomic E-state index is 12.5. The Morgan fingerprint density at radius 2 is 1.73 bits per heavy atom. The van der Waals surface area contributed by atoms with E-state index in [-0.39, 0.29) is 17.5 Å². The molecule has 1 saturated heterocycles. The van der Waals surface area contributed by atoms with Crippen LogP contribution in [0.4, 0.5) is 0 Å². The second-order valence-corrected chi connectivity index (χ2v) is 6.04. The van der Waals surface area contributed by atoms with Gasteiger partial charge in [0.2, 0.25) is 6.41 Å². The molecule has 2 amide bonds. The molecule has 22 heavy (non-hydrogen) atoms. The van der Waals surface area contributed by atoms with Crippen molar-refractivity contribution in [1.29, 1.82) is 5.26 Å². The molecule has 0 aromatic rings. The molecule has 2 fully saturated rings. The first-order valence-electron chi connectivity index (χ1n) is 7.98. The van der Waals surface area contributed by atoms with E-state index in [1.807, 2.05) is 11.0 Å². The van der Waals surface area contributed by atoms with E-state index < -0.39 is 0 Å². The summed E-state index contributed by atoms with van der Waals surface area (Å²) in [4.78, 5) is 28.6. The molecule has 6 heteroatoms. The first-order valence-corrected chi connectivity index (χ1v) is 7.98. The van der Waals surface area contributed by atoms with Crippen LogP contribution in [0.15, 0.2) is 11.8 Å². The molecule has 0 aromatic heterocycles. The lowest BCUT2D eigenvalue weighted by atomic mass is 9.94. The van der Waals surface area contributed by atoms with Crippen LogP contribution < -0.4 is 0 Å². The summed E-state index contributed by atoms with van der Waals surface area (Å²) in [5.41, 5.74) is 0.188. The number of nitrogens with zero attached hydrogens (tertiary/aromatic N) is 4. The summed E-state index contributed by atoms with van der Waals surface area (Å²) in [6.07, 6.45) is 8.10. The smallest absolute Gasteiger partial charge is 0.265 e. The molecule has 0 bridgehead atoms. The average Bonchev–Trinajstić information content (AvgIpc) is 2.59. The Kier molecular flexibility index (Phi) is 5.82. The molecule has 120 valence electrons. The molecule has 0 aromatic carbocycles. The van der Waals surface area contributed by atoms with E-state index in [2.05, 4.69) is 0 Å². The Bertz CT molecular complexity index is 469. The number of hydrogen-bond acceptors (Lipinski definition) is 4. The van der Waals surface area contributed by atoms with Crippen molar-refractivity contribution in [3.8, 4) is 6.07 Å². The molecular formula is C16H24N4O2. The van der Waals surface area contributed by atoms with Gasteiger partial charge in [0.15, 0.2) is 0 Å². The van der Waals surface area contributed by atoms with E-state index in [4.69, 9.17) is 0 Å². The Hall–Kier alpha value is -2.03. The van der Waals surface area contributed by atoms with Gasteiger partial charge in [-0.05, 0) is 12.8 Å². The Morgan fingerprint density at radius 1 is 1.14 bits per heavy atom. The Morgan fingerprint density at radius 3 is 2.27 bits per heavy atom. The van der Waals surface area contributed by atoms with Gasteiger partial charge in [0.05, 0.1) is 0 Å². The minimum Gasteiger partial charge on any atom is -0.373 e. The normalized spacial score (nSPS) is 20.5. The topological polar surface area (TPSA) is 67.7 Å². The van der Waals surface area contributed by atoms with Gasteiger partial charge in [-0.2, -0.15) is 5.26 Å². The lowest BCUT2D eigenvalue weighted by Crippen LogP contribution is -2.44. The summed E-state index contributed by atoms with van der Waals surface area (Å²) in [6, 6.07) is 2.29. The third-order valence-electron chi connectivity index (χ3n) is 4.60. The quantitative estimate of drug-likeness (QED) is 0.441. The maximum absolute atomic E-state index is 12.5. The molecule has 0 atom stereocenters. The summed E-state index contributed by atoms with van der Waals surface area (Å²) in [5, 5.41) is 9.31. The SMILES string of the molecule is CN(C(=O)/C(C#N)=C\N1CCN(C=O)CC1)C1CCCCC1. The summed E-state index contributed by atoms with van der Waals surface area (Å²) in [7, 11) is 1.80. The average molecular weight is 304 g/mol. The van der Waals surface area contributed by atoms with Crippen molar-refractivity contribution in [2.24, 2.45) is 0 Å². The van der Waals surface area contributed by atoms with Gasteiger partial charge in [-0.15, -0.1) is 0 Å². The fourth-order valence-corrected chi connectivity index (χ4v) is 3.11. The number of likely N-dealkylation sites (N-methyl/N-ethyl adjacent to an activating group) is 1. The molecule has 0 N–H and O–H groups in total. The molecule has 0 spiro atoms. The molecule has 1 heterocycles. The molecule has 1 aliphatic heterocycles. The van der Waals surface area contributed by atoms with Crippen LogP contribution in [-0.4, -0.2) is 66.3 Å². The van der Waals surface area contributed by atoms with Crippen LogP contribution in [0.3, 0.4) is 0 Å². The van der Waals surface area contributed by atoms with Crippen molar-refractivity contribution in [3.63, 3.8) is 0 Å². The van der Waals surface area contributed by atoms with Gasteiger partial charge < -0.3 is 14.7 Å². The molecule has 6 nitrogen and oxygen atoms in total. The van der Waals surface area contributed by atoms with E-state index in [0.717, 1.165) is 32.1 Å². The number of amides is 2. The van der Waals surface area contributed by atoms with E-state index in [9.17, 15) is 14.9 Å². The lowest BCUT2D eigenvalue weighted by molar-refractivity contribution is -0.128. The fourth-order valence-electron chi connectivity index (χ4n) is 3.11. The number of carbonyl (C=O) groups excluding carboxylic acids is 2. The van der Waals surface area contributed by atoms with E-state index in [1.165, 1.54) is 6.42 Å². The molecule has 2 aliphatic rings. The predicted molar refractivity (Wildman–Crippen MR) is 82.5 cm³/mol. The Labute approximate surface area is 132 Å². The monoisotopic (exact) mass is 304 g/mol. The largest absolute Gasteiger partial charge is 0.373 e. The molecule has 0 unspecified atom stereocenters. The zero-order chi connectivity index (χ0) is 15.9. The minimum atomic E-state index is -0.188. The summed E-state index contributed by atoms with van der Waals surface area (Å²) < 4.78 is 0. The van der Waals surface area contributed by atoms with Crippen molar-refractivity contribution in [3.05, 3.63) is 11.8 Å². The highest BCUT2D eigenvalue weighted by Gasteiger charge is 2.25. The summed E-state index contributed by atoms with van der Waals surface area (Å²) >= 11 is 0. The molecule has 2 rings (SSSR count). The third kappa shape index (κ3) is 4.00. The predicted octanol–water partition coefficient (Wildman–Crippen LogP) is 0.959. The standard InChI is InChI=1S/C16H24N4O2/c1-18(15-5-3-2-4-6-15)16(22)14(11-17)12-19-7-9-20(13-21)10-8-19/h12-13,15H,2-10H2,1H3/b14-12-. The van der Waals surface area contributed by atoms with Crippen LogP contribution in [-0.2, 0) is 9.59 Å². The van der Waals surface area contributed by atoms with Gasteiger partial charge in [-0.25, -0.2) is 0 Å². The second-order valence-electron chi connectivity index (χ2n) is 6.04. The summed E-state index contributed by atoms with van der Waals surface area (Å²) in [5.74, 6) is -0.188. The maximum Gasteiger partial charge on any atom is 0.265 e. The van der Waals surface area contributed by atoms with Crippen molar-refractivity contribution in [2.45, 2.75) is 38.1 Å². The number of rotatable bonds is 4. The highest BCUT2D eigenvalue weighted by Crippen LogP contribution is 2.22. The fraction of sp³-hybridized carbons (Fsp3) is 0.688. The lowest BCUT2D eigenvalue weighted by Gasteiger charge is -2.33. The van der Waals surface area contributed by atoms with Crippen LogP contribution in [0.5, 0.6) is 0 Å². The van der Waals surface area contributed by atoms with Crippen LogP contribution in [0.1, 0.15) is 32.1 Å². The van der Waals surface area contributed by atoms with Crippen molar-refractivity contribution in [1.82, 2.24) is 14.7 Å². The Balaban J connectivity index is 1.97. The zero-order valence-electron chi connectivity index (χ0n) is 13.2. The van der Waals surface area contributed by atoms with E-state index >= 15 is 0 Å². The second kappa shape index (κ2) is 7.83. The zero-order valence-corrected chi connectivity index (χ0v) is 13.2. The van der Waals surface area contributed by atoms with Crippen LogP contribution >= 0.6 is 0 Å². The van der Waals surface area contributed by atoms with Crippen molar-refractivity contribution >= 4 is 12.3 Å². The molecule has 1 aliphatic carbocycles. The van der Waals surface area contributed by atoms with Gasteiger partial charge in [0, 0.05) is 45.5 Å². The highest BCUT2D eigenvalue weighted by atomic mass is 16.2. The van der Waals surface area contributed by atoms with Gasteiger partial charge >= 0.3 is 0 Å². The van der Waals surface area contributed by atoms with Gasteiger partial charge in [0.25, 0.3) is 5.91 Å². The van der Waals surface area contributed by atoms with Gasteiger partial charge in [-0.3, -0.25) is 9.59 Å². The van der Waals surface area contributed by atoms with E-state index in [1.54, 1.807) is 23.0 Å². The van der Waals surface area contributed by atoms with Gasteiger partial charge in [-0.1, -0.05) is 19.3 Å². The number of carbonyl (C=O) groups is 2. The highest BCUT2D eigenvalue weighted by molar-refractivity contribution is 5.97. The number of piperazine rings is 1. The molecular weight excluding hydrogens is 280 g/mol. The first-order chi connectivity index (χ1) is 10.7.